The fourth-order valence-electron chi connectivity index (χ4n) is 2.20. The molecule has 15 heavy (non-hydrogen) atoms. The Kier molecular flexibility index (Phi) is 5.07. The quantitative estimate of drug-likeness (QED) is 0.747. The average molecular weight is 209 g/mol. The molecule has 3 nitrogen and oxygen atoms in total. The van der Waals surface area contributed by atoms with Gasteiger partial charge in [-0.05, 0) is 32.7 Å². The first-order chi connectivity index (χ1) is 7.15. The van der Waals surface area contributed by atoms with Gasteiger partial charge in [0.25, 0.3) is 0 Å². The van der Waals surface area contributed by atoms with Crippen molar-refractivity contribution in [3.8, 4) is 6.07 Å². The maximum Gasteiger partial charge on any atom is 0.108 e. The number of likely N-dealkylation sites (tertiary alicyclic amines) is 1. The van der Waals surface area contributed by atoms with Crippen molar-refractivity contribution >= 4 is 0 Å². The van der Waals surface area contributed by atoms with E-state index in [0.717, 1.165) is 19.0 Å². The van der Waals surface area contributed by atoms with Crippen LogP contribution in [-0.2, 0) is 0 Å². The highest BCUT2D eigenvalue weighted by Crippen LogP contribution is 2.18. The van der Waals surface area contributed by atoms with E-state index in [0.29, 0.717) is 6.04 Å². The van der Waals surface area contributed by atoms with Crippen LogP contribution in [0.4, 0.5) is 0 Å². The minimum absolute atomic E-state index is 0.0133. The Labute approximate surface area is 93.5 Å². The molecule has 2 atom stereocenters. The molecule has 0 aromatic heterocycles. The van der Waals surface area contributed by atoms with E-state index < -0.39 is 0 Å². The van der Waals surface area contributed by atoms with Crippen LogP contribution in [0.1, 0.15) is 33.6 Å². The summed E-state index contributed by atoms with van der Waals surface area (Å²) < 4.78 is 0. The number of nitrogens with one attached hydrogen (secondary N) is 1. The van der Waals surface area contributed by atoms with E-state index >= 15 is 0 Å². The van der Waals surface area contributed by atoms with Gasteiger partial charge in [-0.25, -0.2) is 0 Å². The summed E-state index contributed by atoms with van der Waals surface area (Å²) in [5, 5.41) is 12.3. The first-order valence-electron chi connectivity index (χ1n) is 6.03. The minimum atomic E-state index is -0.0133. The van der Waals surface area contributed by atoms with Crippen LogP contribution in [0.5, 0.6) is 0 Å². The van der Waals surface area contributed by atoms with Gasteiger partial charge in [0, 0.05) is 19.1 Å². The van der Waals surface area contributed by atoms with Crippen molar-refractivity contribution in [2.24, 2.45) is 5.92 Å². The second-order valence-corrected chi connectivity index (χ2v) is 4.83. The average Bonchev–Trinajstić information content (AvgIpc) is 2.64. The summed E-state index contributed by atoms with van der Waals surface area (Å²) in [5.74, 6) is 0.850. The molecule has 0 aromatic rings. The van der Waals surface area contributed by atoms with Gasteiger partial charge in [0.2, 0.25) is 0 Å². The summed E-state index contributed by atoms with van der Waals surface area (Å²) in [4.78, 5) is 2.41. The number of hydrogen-bond donors (Lipinski definition) is 1. The van der Waals surface area contributed by atoms with E-state index in [-0.39, 0.29) is 6.04 Å². The summed E-state index contributed by atoms with van der Waals surface area (Å²) in [6.07, 6.45) is 2.57. The molecule has 0 aromatic carbocycles. The topological polar surface area (TPSA) is 39.1 Å². The molecule has 1 aliphatic rings. The van der Waals surface area contributed by atoms with E-state index in [9.17, 15) is 0 Å². The molecule has 0 radical (unpaired) electrons. The van der Waals surface area contributed by atoms with Gasteiger partial charge in [-0.1, -0.05) is 13.3 Å². The zero-order valence-corrected chi connectivity index (χ0v) is 10.2. The van der Waals surface area contributed by atoms with Gasteiger partial charge in [0.15, 0.2) is 0 Å². The van der Waals surface area contributed by atoms with Crippen LogP contribution in [0, 0.1) is 17.2 Å². The lowest BCUT2D eigenvalue weighted by atomic mass is 10.1. The molecule has 1 fully saturated rings. The van der Waals surface area contributed by atoms with Crippen LogP contribution in [-0.4, -0.2) is 36.6 Å². The molecular formula is C12H23N3. The Balaban J connectivity index is 2.31. The predicted octanol–water partition coefficient (Wildman–Crippen LogP) is 1.61. The molecule has 1 aliphatic heterocycles. The SMILES string of the molecule is CCC1CCN(CC(C#N)NC(C)C)C1. The van der Waals surface area contributed by atoms with Crippen molar-refractivity contribution in [1.82, 2.24) is 10.2 Å². The van der Waals surface area contributed by atoms with Gasteiger partial charge in [0.1, 0.15) is 6.04 Å². The van der Waals surface area contributed by atoms with Gasteiger partial charge >= 0.3 is 0 Å². The van der Waals surface area contributed by atoms with Crippen LogP contribution in [0.2, 0.25) is 0 Å². The lowest BCUT2D eigenvalue weighted by Crippen LogP contribution is -2.42. The molecule has 1 rings (SSSR count). The van der Waals surface area contributed by atoms with Crippen molar-refractivity contribution in [3.63, 3.8) is 0 Å². The molecule has 0 saturated carbocycles. The van der Waals surface area contributed by atoms with Gasteiger partial charge in [-0.3, -0.25) is 5.32 Å². The van der Waals surface area contributed by atoms with Crippen molar-refractivity contribution in [1.29, 1.82) is 5.26 Å². The Hall–Kier alpha value is -0.590. The van der Waals surface area contributed by atoms with Crippen LogP contribution in [0.25, 0.3) is 0 Å². The first kappa shape index (κ1) is 12.5. The van der Waals surface area contributed by atoms with Crippen LogP contribution in [0.15, 0.2) is 0 Å². The van der Waals surface area contributed by atoms with Crippen molar-refractivity contribution in [2.75, 3.05) is 19.6 Å². The van der Waals surface area contributed by atoms with Gasteiger partial charge in [0.05, 0.1) is 6.07 Å². The van der Waals surface area contributed by atoms with Crippen molar-refractivity contribution < 1.29 is 0 Å². The highest BCUT2D eigenvalue weighted by atomic mass is 15.2. The normalized spacial score (nSPS) is 24.3. The highest BCUT2D eigenvalue weighted by molar-refractivity contribution is 4.94. The van der Waals surface area contributed by atoms with Crippen LogP contribution < -0.4 is 5.32 Å². The lowest BCUT2D eigenvalue weighted by molar-refractivity contribution is 0.295. The largest absolute Gasteiger partial charge is 0.300 e. The van der Waals surface area contributed by atoms with E-state index in [1.165, 1.54) is 19.4 Å². The molecule has 3 heteroatoms. The molecule has 1 N–H and O–H groups in total. The third-order valence-electron chi connectivity index (χ3n) is 3.08. The third kappa shape index (κ3) is 4.19. The number of nitrogens with zero attached hydrogens (tertiary/aromatic N) is 2. The molecule has 86 valence electrons. The highest BCUT2D eigenvalue weighted by Gasteiger charge is 2.23. The monoisotopic (exact) mass is 209 g/mol. The molecular weight excluding hydrogens is 186 g/mol. The molecule has 1 saturated heterocycles. The molecule has 0 spiro atoms. The molecule has 1 heterocycles. The van der Waals surface area contributed by atoms with Gasteiger partial charge in [-0.2, -0.15) is 5.26 Å². The standard InChI is InChI=1S/C12H23N3/c1-4-11-5-6-15(8-11)9-12(7-13)14-10(2)3/h10-12,14H,4-6,8-9H2,1-3H3. The smallest absolute Gasteiger partial charge is 0.108 e. The summed E-state index contributed by atoms with van der Waals surface area (Å²) in [6, 6.07) is 2.72. The van der Waals surface area contributed by atoms with Gasteiger partial charge in [-0.15, -0.1) is 0 Å². The van der Waals surface area contributed by atoms with Gasteiger partial charge < -0.3 is 4.90 Å². The summed E-state index contributed by atoms with van der Waals surface area (Å²) in [5.41, 5.74) is 0. The molecule has 0 bridgehead atoms. The summed E-state index contributed by atoms with van der Waals surface area (Å²) in [6.45, 7) is 9.64. The number of rotatable bonds is 5. The van der Waals surface area contributed by atoms with E-state index in [1.807, 2.05) is 0 Å². The predicted molar refractivity (Wildman–Crippen MR) is 62.5 cm³/mol. The maximum atomic E-state index is 9.02. The second-order valence-electron chi connectivity index (χ2n) is 4.83. The van der Waals surface area contributed by atoms with Crippen LogP contribution >= 0.6 is 0 Å². The van der Waals surface area contributed by atoms with E-state index in [2.05, 4.69) is 37.1 Å². The number of nitriles is 1. The molecule has 0 aliphatic carbocycles. The van der Waals surface area contributed by atoms with E-state index in [4.69, 9.17) is 5.26 Å². The summed E-state index contributed by atoms with van der Waals surface area (Å²) >= 11 is 0. The fourth-order valence-corrected chi connectivity index (χ4v) is 2.20. The molecule has 0 amide bonds. The summed E-state index contributed by atoms with van der Waals surface area (Å²) in [7, 11) is 0. The van der Waals surface area contributed by atoms with Crippen molar-refractivity contribution in [3.05, 3.63) is 0 Å². The van der Waals surface area contributed by atoms with Crippen molar-refractivity contribution in [2.45, 2.75) is 45.7 Å². The fraction of sp³-hybridized carbons (Fsp3) is 0.917. The second kappa shape index (κ2) is 6.09. The van der Waals surface area contributed by atoms with E-state index in [1.54, 1.807) is 0 Å². The molecule has 2 unspecified atom stereocenters. The number of hydrogen-bond acceptors (Lipinski definition) is 3. The van der Waals surface area contributed by atoms with Crippen LogP contribution in [0.3, 0.4) is 0 Å². The zero-order chi connectivity index (χ0) is 11.3. The first-order valence-corrected chi connectivity index (χ1v) is 6.03. The Morgan fingerprint density at radius 2 is 2.27 bits per heavy atom. The maximum absolute atomic E-state index is 9.02. The Morgan fingerprint density at radius 1 is 1.53 bits per heavy atom. The zero-order valence-electron chi connectivity index (χ0n) is 10.2. The Bertz CT molecular complexity index is 219. The Morgan fingerprint density at radius 3 is 2.73 bits per heavy atom. The minimum Gasteiger partial charge on any atom is -0.300 e. The lowest BCUT2D eigenvalue weighted by Gasteiger charge is -2.21. The third-order valence-corrected chi connectivity index (χ3v) is 3.08.